The van der Waals surface area contributed by atoms with Crippen molar-refractivity contribution < 1.29 is 8.42 Å². The number of pyridine rings is 1. The highest BCUT2D eigenvalue weighted by Crippen LogP contribution is 2.32. The summed E-state index contributed by atoms with van der Waals surface area (Å²) in [7, 11) is -3.31. The van der Waals surface area contributed by atoms with E-state index in [1.165, 1.54) is 0 Å². The summed E-state index contributed by atoms with van der Waals surface area (Å²) in [4.78, 5) is 7.26. The molecule has 1 aliphatic rings. The van der Waals surface area contributed by atoms with Crippen LogP contribution in [-0.2, 0) is 9.84 Å². The maximum Gasteiger partial charge on any atom is 0.179 e. The van der Waals surface area contributed by atoms with Crippen molar-refractivity contribution in [2.24, 2.45) is 5.92 Å². The zero-order valence-electron chi connectivity index (χ0n) is 16.6. The summed E-state index contributed by atoms with van der Waals surface area (Å²) in [5.41, 5.74) is 4.93. The Hall–Kier alpha value is -2.40. The van der Waals surface area contributed by atoms with Crippen LogP contribution in [0.3, 0.4) is 0 Å². The summed E-state index contributed by atoms with van der Waals surface area (Å²) < 4.78 is 26.3. The highest BCUT2D eigenvalue weighted by molar-refractivity contribution is 7.91. The van der Waals surface area contributed by atoms with Gasteiger partial charge in [0.05, 0.1) is 16.2 Å². The van der Waals surface area contributed by atoms with Gasteiger partial charge in [0.2, 0.25) is 0 Å². The lowest BCUT2D eigenvalue weighted by Crippen LogP contribution is -2.23. The van der Waals surface area contributed by atoms with E-state index in [9.17, 15) is 8.42 Å². The average molecular weight is 395 g/mol. The number of aromatic nitrogens is 1. The van der Waals surface area contributed by atoms with Crippen LogP contribution in [0.4, 0.5) is 5.69 Å². The first-order valence-electron chi connectivity index (χ1n) is 9.74. The van der Waals surface area contributed by atoms with Crippen LogP contribution >= 0.6 is 0 Å². The molecule has 1 fully saturated rings. The van der Waals surface area contributed by atoms with Gasteiger partial charge in [-0.15, -0.1) is 0 Å². The molecule has 4 nitrogen and oxygen atoms in total. The van der Waals surface area contributed by atoms with E-state index in [4.69, 9.17) is 0 Å². The fourth-order valence-electron chi connectivity index (χ4n) is 4.60. The molecule has 0 amide bonds. The highest BCUT2D eigenvalue weighted by atomic mass is 32.2. The third-order valence-electron chi connectivity index (χ3n) is 5.62. The van der Waals surface area contributed by atoms with Gasteiger partial charge in [0.25, 0.3) is 0 Å². The molecule has 28 heavy (non-hydrogen) atoms. The molecule has 0 spiro atoms. The first-order chi connectivity index (χ1) is 13.3. The SMILES string of the molecule is Cc1cc(C)c(S(=O)(=O)C[C@H]2CCN(c3cccc4ncccc34)C2)c(C)c1. The van der Waals surface area contributed by atoms with E-state index >= 15 is 0 Å². The summed E-state index contributed by atoms with van der Waals surface area (Å²) in [6, 6.07) is 14.1. The third kappa shape index (κ3) is 3.51. The Labute approximate surface area is 167 Å². The minimum atomic E-state index is -3.31. The van der Waals surface area contributed by atoms with Gasteiger partial charge in [-0.2, -0.15) is 0 Å². The van der Waals surface area contributed by atoms with Crippen LogP contribution in [-0.4, -0.2) is 32.2 Å². The normalized spacial score (nSPS) is 17.4. The molecule has 0 aliphatic carbocycles. The highest BCUT2D eigenvalue weighted by Gasteiger charge is 2.30. The zero-order chi connectivity index (χ0) is 19.9. The number of sulfone groups is 1. The van der Waals surface area contributed by atoms with E-state index in [1.54, 1.807) is 6.20 Å². The van der Waals surface area contributed by atoms with Crippen LogP contribution in [0.25, 0.3) is 10.9 Å². The molecule has 146 valence electrons. The quantitative estimate of drug-likeness (QED) is 0.656. The Balaban J connectivity index is 1.57. The first-order valence-corrected chi connectivity index (χ1v) is 11.4. The molecular weight excluding hydrogens is 368 g/mol. The number of rotatable bonds is 4. The molecule has 0 unspecified atom stereocenters. The summed E-state index contributed by atoms with van der Waals surface area (Å²) >= 11 is 0. The van der Waals surface area contributed by atoms with Gasteiger partial charge in [-0.25, -0.2) is 8.42 Å². The number of anilines is 1. The molecule has 0 radical (unpaired) electrons. The summed E-state index contributed by atoms with van der Waals surface area (Å²) in [5, 5.41) is 1.12. The van der Waals surface area contributed by atoms with Gasteiger partial charge in [0.15, 0.2) is 9.84 Å². The first kappa shape index (κ1) is 18.9. The number of hydrogen-bond donors (Lipinski definition) is 0. The molecule has 1 atom stereocenters. The lowest BCUT2D eigenvalue weighted by molar-refractivity contribution is 0.571. The van der Waals surface area contributed by atoms with Crippen LogP contribution in [0, 0.1) is 26.7 Å². The predicted molar refractivity (Wildman–Crippen MR) is 115 cm³/mol. The van der Waals surface area contributed by atoms with Gasteiger partial charge >= 0.3 is 0 Å². The molecule has 1 aliphatic heterocycles. The van der Waals surface area contributed by atoms with Crippen molar-refractivity contribution in [2.75, 3.05) is 23.7 Å². The average Bonchev–Trinajstić information content (AvgIpc) is 3.07. The molecular formula is C23H26N2O2S. The van der Waals surface area contributed by atoms with E-state index in [0.717, 1.165) is 52.8 Å². The van der Waals surface area contributed by atoms with Crippen molar-refractivity contribution in [3.8, 4) is 0 Å². The van der Waals surface area contributed by atoms with Gasteiger partial charge in [0, 0.05) is 30.4 Å². The second-order valence-electron chi connectivity index (χ2n) is 7.96. The predicted octanol–water partition coefficient (Wildman–Crippen LogP) is 4.46. The molecule has 0 saturated carbocycles. The minimum absolute atomic E-state index is 0.136. The molecule has 1 aromatic heterocycles. The molecule has 5 heteroatoms. The zero-order valence-corrected chi connectivity index (χ0v) is 17.5. The standard InChI is InChI=1S/C23H26N2O2S/c1-16-12-17(2)23(18(3)13-16)28(26,27)15-19-9-11-25(14-19)22-8-4-7-21-20(22)6-5-10-24-21/h4-8,10,12-13,19H,9,11,14-15H2,1-3H3/t19-/m0/s1. The van der Waals surface area contributed by atoms with Gasteiger partial charge in [0.1, 0.15) is 0 Å². The van der Waals surface area contributed by atoms with Crippen molar-refractivity contribution >= 4 is 26.4 Å². The summed E-state index contributed by atoms with van der Waals surface area (Å²) in [6.45, 7) is 7.44. The Bertz CT molecular complexity index is 1110. The second-order valence-corrected chi connectivity index (χ2v) is 9.93. The van der Waals surface area contributed by atoms with Crippen molar-refractivity contribution in [1.82, 2.24) is 4.98 Å². The largest absolute Gasteiger partial charge is 0.371 e. The molecule has 0 N–H and O–H groups in total. The molecule has 4 rings (SSSR count). The van der Waals surface area contributed by atoms with Crippen molar-refractivity contribution in [3.05, 3.63) is 65.4 Å². The van der Waals surface area contributed by atoms with E-state index in [-0.39, 0.29) is 11.7 Å². The van der Waals surface area contributed by atoms with Crippen LogP contribution in [0.2, 0.25) is 0 Å². The number of benzene rings is 2. The van der Waals surface area contributed by atoms with Crippen molar-refractivity contribution in [1.29, 1.82) is 0 Å². The molecule has 2 heterocycles. The molecule has 3 aromatic rings. The third-order valence-corrected chi connectivity index (χ3v) is 7.80. The Morgan fingerprint density at radius 3 is 2.57 bits per heavy atom. The van der Waals surface area contributed by atoms with Crippen molar-refractivity contribution in [2.45, 2.75) is 32.1 Å². The Morgan fingerprint density at radius 1 is 1.07 bits per heavy atom. The number of aryl methyl sites for hydroxylation is 3. The van der Waals surface area contributed by atoms with Gasteiger partial charge in [-0.1, -0.05) is 23.8 Å². The summed E-state index contributed by atoms with van der Waals surface area (Å²) in [6.07, 6.45) is 2.69. The van der Waals surface area contributed by atoms with Crippen LogP contribution in [0.15, 0.2) is 53.6 Å². The van der Waals surface area contributed by atoms with Gasteiger partial charge in [-0.3, -0.25) is 4.98 Å². The molecule has 2 aromatic carbocycles. The topological polar surface area (TPSA) is 50.3 Å². The van der Waals surface area contributed by atoms with Gasteiger partial charge < -0.3 is 4.90 Å². The Kier molecular flexibility index (Phi) is 4.88. The number of hydrogen-bond acceptors (Lipinski definition) is 4. The second kappa shape index (κ2) is 7.21. The Morgan fingerprint density at radius 2 is 1.82 bits per heavy atom. The fraction of sp³-hybridized carbons (Fsp3) is 0.348. The summed E-state index contributed by atoms with van der Waals surface area (Å²) in [5.74, 6) is 0.342. The van der Waals surface area contributed by atoms with E-state index < -0.39 is 9.84 Å². The van der Waals surface area contributed by atoms with Crippen LogP contribution in [0.5, 0.6) is 0 Å². The maximum absolute atomic E-state index is 13.2. The number of nitrogens with zero attached hydrogens (tertiary/aromatic N) is 2. The van der Waals surface area contributed by atoms with Gasteiger partial charge in [-0.05, 0) is 68.5 Å². The molecule has 1 saturated heterocycles. The molecule has 0 bridgehead atoms. The van der Waals surface area contributed by atoms with E-state index in [2.05, 4.69) is 22.0 Å². The monoisotopic (exact) mass is 394 g/mol. The fourth-order valence-corrected chi connectivity index (χ4v) is 6.76. The lowest BCUT2D eigenvalue weighted by atomic mass is 10.1. The van der Waals surface area contributed by atoms with Crippen LogP contribution in [0.1, 0.15) is 23.1 Å². The van der Waals surface area contributed by atoms with Crippen LogP contribution < -0.4 is 4.90 Å². The van der Waals surface area contributed by atoms with E-state index in [0.29, 0.717) is 4.90 Å². The van der Waals surface area contributed by atoms with E-state index in [1.807, 2.05) is 51.1 Å². The van der Waals surface area contributed by atoms with Crippen molar-refractivity contribution in [3.63, 3.8) is 0 Å². The lowest BCUT2D eigenvalue weighted by Gasteiger charge is -2.21. The smallest absolute Gasteiger partial charge is 0.179 e. The maximum atomic E-state index is 13.2. The number of fused-ring (bicyclic) bond motifs is 1. The minimum Gasteiger partial charge on any atom is -0.371 e.